The minimum absolute atomic E-state index is 0.645. The molecule has 0 radical (unpaired) electrons. The topological polar surface area (TPSA) is 33.6 Å². The zero-order valence-electron chi connectivity index (χ0n) is 24.9. The first-order valence-electron chi connectivity index (χ1n) is 15.5. The molecule has 0 atom stereocenters. The van der Waals surface area contributed by atoms with Crippen LogP contribution in [0.25, 0.3) is 77.2 Å². The van der Waals surface area contributed by atoms with E-state index in [1.807, 2.05) is 12.1 Å². The number of aromatic nitrogens is 2. The number of benzene rings is 7. The summed E-state index contributed by atoms with van der Waals surface area (Å²) < 4.78 is 4.61. The van der Waals surface area contributed by atoms with Crippen LogP contribution in [-0.4, -0.2) is 9.13 Å². The van der Waals surface area contributed by atoms with E-state index in [-0.39, 0.29) is 0 Å². The van der Waals surface area contributed by atoms with Crippen molar-refractivity contribution in [3.8, 4) is 39.7 Å². The van der Waals surface area contributed by atoms with Gasteiger partial charge in [0.15, 0.2) is 0 Å². The Morgan fingerprint density at radius 3 is 1.41 bits per heavy atom. The predicted molar refractivity (Wildman–Crippen MR) is 191 cm³/mol. The van der Waals surface area contributed by atoms with Crippen molar-refractivity contribution in [3.63, 3.8) is 0 Å². The average molecular weight is 586 g/mol. The van der Waals surface area contributed by atoms with Crippen molar-refractivity contribution < 1.29 is 0 Å². The third kappa shape index (κ3) is 3.91. The largest absolute Gasteiger partial charge is 0.309 e. The smallest absolute Gasteiger partial charge is 0.101 e. The third-order valence-corrected chi connectivity index (χ3v) is 9.17. The fourth-order valence-electron chi connectivity index (χ4n) is 7.14. The Hall–Kier alpha value is -6.37. The van der Waals surface area contributed by atoms with E-state index >= 15 is 0 Å². The lowest BCUT2D eigenvalue weighted by Crippen LogP contribution is -2.00. The van der Waals surface area contributed by atoms with Crippen LogP contribution in [0.15, 0.2) is 164 Å². The summed E-state index contributed by atoms with van der Waals surface area (Å²) in [6.45, 7) is 0. The molecular weight excluding hydrogens is 558 g/mol. The number of hydrogen-bond acceptors (Lipinski definition) is 1. The first-order chi connectivity index (χ1) is 22.8. The van der Waals surface area contributed by atoms with E-state index in [9.17, 15) is 5.26 Å². The van der Waals surface area contributed by atoms with Gasteiger partial charge in [0.05, 0.1) is 33.3 Å². The summed E-state index contributed by atoms with van der Waals surface area (Å²) in [6, 6.07) is 60.1. The highest BCUT2D eigenvalue weighted by atomic mass is 15.0. The van der Waals surface area contributed by atoms with Gasteiger partial charge in [0.25, 0.3) is 0 Å². The lowest BCUT2D eigenvalue weighted by Gasteiger charge is -2.16. The molecule has 0 aliphatic rings. The van der Waals surface area contributed by atoms with Gasteiger partial charge >= 0.3 is 0 Å². The highest BCUT2D eigenvalue weighted by Gasteiger charge is 2.19. The molecule has 9 aromatic rings. The molecule has 214 valence electrons. The monoisotopic (exact) mass is 585 g/mol. The molecule has 0 spiro atoms. The predicted octanol–water partition coefficient (Wildman–Crippen LogP) is 11.1. The summed E-state index contributed by atoms with van der Waals surface area (Å²) >= 11 is 0. The van der Waals surface area contributed by atoms with Gasteiger partial charge in [-0.2, -0.15) is 5.26 Å². The second-order valence-corrected chi connectivity index (χ2v) is 11.7. The molecule has 2 aromatic heterocycles. The van der Waals surface area contributed by atoms with Gasteiger partial charge < -0.3 is 9.13 Å². The summed E-state index contributed by atoms with van der Waals surface area (Å²) in [7, 11) is 0. The van der Waals surface area contributed by atoms with Gasteiger partial charge in [-0.1, -0.05) is 121 Å². The summed E-state index contributed by atoms with van der Waals surface area (Å²) in [4.78, 5) is 0. The first-order valence-corrected chi connectivity index (χ1v) is 15.5. The number of nitriles is 1. The van der Waals surface area contributed by atoms with E-state index in [0.717, 1.165) is 44.7 Å². The van der Waals surface area contributed by atoms with Crippen LogP contribution in [0.4, 0.5) is 0 Å². The van der Waals surface area contributed by atoms with E-state index in [1.165, 1.54) is 32.6 Å². The zero-order chi connectivity index (χ0) is 30.6. The van der Waals surface area contributed by atoms with Crippen LogP contribution < -0.4 is 0 Å². The van der Waals surface area contributed by atoms with Crippen molar-refractivity contribution in [2.75, 3.05) is 0 Å². The Kier molecular flexibility index (Phi) is 5.88. The Balaban J connectivity index is 1.17. The molecule has 3 heteroatoms. The van der Waals surface area contributed by atoms with E-state index in [2.05, 4.69) is 167 Å². The highest BCUT2D eigenvalue weighted by Crippen LogP contribution is 2.39. The third-order valence-electron chi connectivity index (χ3n) is 9.17. The van der Waals surface area contributed by atoms with Gasteiger partial charge in [-0.15, -0.1) is 0 Å². The molecule has 0 fully saturated rings. The fourth-order valence-corrected chi connectivity index (χ4v) is 7.14. The van der Waals surface area contributed by atoms with Crippen LogP contribution in [0.2, 0.25) is 0 Å². The van der Waals surface area contributed by atoms with Crippen molar-refractivity contribution in [3.05, 3.63) is 169 Å². The summed E-state index contributed by atoms with van der Waals surface area (Å²) in [5, 5.41) is 15.2. The Bertz CT molecular complexity index is 2540. The quantitative estimate of drug-likeness (QED) is 0.202. The van der Waals surface area contributed by atoms with Crippen LogP contribution in [0.3, 0.4) is 0 Å². The Morgan fingerprint density at radius 2 is 0.870 bits per heavy atom. The molecule has 9 rings (SSSR count). The SMILES string of the molecule is N#Cc1cccc(-c2ccc(-c3cccc(-n4c5ccccc5c5ccccc54)c3)cc2)c1-n1c2ccccc2c2ccccc21. The van der Waals surface area contributed by atoms with Crippen LogP contribution in [-0.2, 0) is 0 Å². The summed E-state index contributed by atoms with van der Waals surface area (Å²) in [6.07, 6.45) is 0. The molecule has 0 N–H and O–H groups in total. The van der Waals surface area contributed by atoms with E-state index < -0.39 is 0 Å². The lowest BCUT2D eigenvalue weighted by molar-refractivity contribution is 1.17. The average Bonchev–Trinajstić information content (AvgIpc) is 3.64. The molecule has 0 aliphatic heterocycles. The van der Waals surface area contributed by atoms with Gasteiger partial charge in [-0.05, 0) is 59.2 Å². The molecule has 0 amide bonds. The molecular formula is C43H27N3. The maximum atomic E-state index is 10.3. The lowest BCUT2D eigenvalue weighted by atomic mass is 9.97. The molecule has 0 aliphatic carbocycles. The second-order valence-electron chi connectivity index (χ2n) is 11.7. The van der Waals surface area contributed by atoms with Crippen molar-refractivity contribution in [1.29, 1.82) is 5.26 Å². The van der Waals surface area contributed by atoms with Gasteiger partial charge in [0, 0.05) is 32.8 Å². The van der Waals surface area contributed by atoms with Crippen molar-refractivity contribution in [1.82, 2.24) is 9.13 Å². The van der Waals surface area contributed by atoms with Gasteiger partial charge in [0.2, 0.25) is 0 Å². The van der Waals surface area contributed by atoms with E-state index in [0.29, 0.717) is 5.56 Å². The minimum Gasteiger partial charge on any atom is -0.309 e. The number of fused-ring (bicyclic) bond motifs is 6. The molecule has 2 heterocycles. The molecule has 46 heavy (non-hydrogen) atoms. The van der Waals surface area contributed by atoms with Crippen LogP contribution in [0.1, 0.15) is 5.56 Å². The number of rotatable bonds is 4. The number of nitrogens with zero attached hydrogens (tertiary/aromatic N) is 3. The fraction of sp³-hybridized carbons (Fsp3) is 0. The molecule has 0 saturated carbocycles. The van der Waals surface area contributed by atoms with Gasteiger partial charge in [-0.3, -0.25) is 0 Å². The van der Waals surface area contributed by atoms with Gasteiger partial charge in [0.1, 0.15) is 6.07 Å². The number of para-hydroxylation sites is 5. The Labute approximate surface area is 266 Å². The van der Waals surface area contributed by atoms with Crippen molar-refractivity contribution >= 4 is 43.6 Å². The summed E-state index contributed by atoms with van der Waals surface area (Å²) in [5.74, 6) is 0. The normalized spacial score (nSPS) is 11.5. The van der Waals surface area contributed by atoms with E-state index in [4.69, 9.17) is 0 Å². The Morgan fingerprint density at radius 1 is 0.391 bits per heavy atom. The van der Waals surface area contributed by atoms with Gasteiger partial charge in [-0.25, -0.2) is 0 Å². The molecule has 3 nitrogen and oxygen atoms in total. The standard InChI is InChI=1S/C43H27N3/c44-28-32-12-10-18-34(43(32)46-41-21-7-3-16-37(41)38-17-4-8-22-42(38)46)30-25-23-29(24-26-30)31-11-9-13-33(27-31)45-39-19-5-1-14-35(39)36-15-2-6-20-40(36)45/h1-27H. The highest BCUT2D eigenvalue weighted by molar-refractivity contribution is 6.10. The van der Waals surface area contributed by atoms with Crippen LogP contribution in [0.5, 0.6) is 0 Å². The molecule has 0 bridgehead atoms. The molecule has 0 unspecified atom stereocenters. The maximum absolute atomic E-state index is 10.3. The van der Waals surface area contributed by atoms with E-state index in [1.54, 1.807) is 0 Å². The summed E-state index contributed by atoms with van der Waals surface area (Å²) in [5.41, 5.74) is 11.6. The second kappa shape index (κ2) is 10.4. The molecule has 0 saturated heterocycles. The van der Waals surface area contributed by atoms with Crippen LogP contribution in [0, 0.1) is 11.3 Å². The van der Waals surface area contributed by atoms with Crippen molar-refractivity contribution in [2.24, 2.45) is 0 Å². The maximum Gasteiger partial charge on any atom is 0.101 e. The zero-order valence-corrected chi connectivity index (χ0v) is 24.9. The number of hydrogen-bond donors (Lipinski definition) is 0. The molecule has 7 aromatic carbocycles. The van der Waals surface area contributed by atoms with Crippen LogP contribution >= 0.6 is 0 Å². The minimum atomic E-state index is 0.645. The van der Waals surface area contributed by atoms with Crippen molar-refractivity contribution in [2.45, 2.75) is 0 Å². The first kappa shape index (κ1) is 26.1.